The number of amides is 1. The first-order valence-corrected chi connectivity index (χ1v) is 13.7. The summed E-state index contributed by atoms with van der Waals surface area (Å²) in [5, 5.41) is 12.5. The molecule has 2 heterocycles. The van der Waals surface area contributed by atoms with Crippen molar-refractivity contribution in [1.29, 1.82) is 5.26 Å². The minimum absolute atomic E-state index is 0.00762. The van der Waals surface area contributed by atoms with Gasteiger partial charge in [0.25, 0.3) is 5.91 Å². The van der Waals surface area contributed by atoms with Crippen LogP contribution in [0.1, 0.15) is 68.6 Å². The molecular weight excluding hydrogens is 452 g/mol. The van der Waals surface area contributed by atoms with Gasteiger partial charge < -0.3 is 5.32 Å². The molecule has 1 aromatic carbocycles. The third-order valence-corrected chi connectivity index (χ3v) is 9.18. The van der Waals surface area contributed by atoms with Crippen LogP contribution in [0.4, 0.5) is 0 Å². The normalized spacial score (nSPS) is 21.2. The Labute approximate surface area is 201 Å². The third kappa shape index (κ3) is 5.23. The molecule has 1 aliphatic carbocycles. The van der Waals surface area contributed by atoms with Crippen LogP contribution in [0.15, 0.2) is 23.2 Å². The monoisotopic (exact) mass is 484 g/mol. The summed E-state index contributed by atoms with van der Waals surface area (Å²) in [6, 6.07) is 7.29. The predicted octanol–water partition coefficient (Wildman–Crippen LogP) is 2.51. The van der Waals surface area contributed by atoms with Gasteiger partial charge in [-0.3, -0.25) is 14.6 Å². The van der Waals surface area contributed by atoms with Gasteiger partial charge in [-0.1, -0.05) is 31.4 Å². The Balaban J connectivity index is 1.38. The van der Waals surface area contributed by atoms with Gasteiger partial charge in [0.05, 0.1) is 17.4 Å². The topological polar surface area (TPSA) is 120 Å². The summed E-state index contributed by atoms with van der Waals surface area (Å²) < 4.78 is 27.5. The maximum atomic E-state index is 13.0. The molecule has 1 amide bonds. The number of Topliss-reactive ketones (excluding diaryl/α,β-unsaturated/α-hetero) is 1. The van der Waals surface area contributed by atoms with Gasteiger partial charge in [0, 0.05) is 25.4 Å². The van der Waals surface area contributed by atoms with Gasteiger partial charge in [-0.2, -0.15) is 5.26 Å². The second kappa shape index (κ2) is 9.96. The fraction of sp³-hybridized carbons (Fsp3) is 0.600. The highest BCUT2D eigenvalue weighted by atomic mass is 32.2. The molecule has 2 aliphatic heterocycles. The van der Waals surface area contributed by atoms with E-state index in [1.807, 2.05) is 0 Å². The van der Waals surface area contributed by atoms with Crippen LogP contribution in [0.5, 0.6) is 0 Å². The van der Waals surface area contributed by atoms with E-state index in [0.717, 1.165) is 37.1 Å². The molecule has 9 heteroatoms. The zero-order valence-corrected chi connectivity index (χ0v) is 20.5. The molecule has 1 aromatic rings. The number of aryl methyl sites for hydroxylation is 1. The molecule has 1 spiro atoms. The number of nitriles is 1. The Bertz CT molecular complexity index is 1140. The number of aliphatic imine (C=N–C) groups is 1. The van der Waals surface area contributed by atoms with Crippen molar-refractivity contribution in [3.05, 3.63) is 34.9 Å². The van der Waals surface area contributed by atoms with Crippen molar-refractivity contribution in [2.24, 2.45) is 10.9 Å². The molecule has 34 heavy (non-hydrogen) atoms. The Kier molecular flexibility index (Phi) is 7.20. The number of sulfonamides is 1. The summed E-state index contributed by atoms with van der Waals surface area (Å²) in [6.07, 6.45) is 6.89. The van der Waals surface area contributed by atoms with Crippen LogP contribution in [0, 0.1) is 17.2 Å². The maximum absolute atomic E-state index is 13.0. The van der Waals surface area contributed by atoms with E-state index in [0.29, 0.717) is 29.9 Å². The summed E-state index contributed by atoms with van der Waals surface area (Å²) in [6.45, 7) is 2.02. The average molecular weight is 485 g/mol. The SMILES string of the molecule is CC(=O)Cc1ccc(CCS(=O)(=O)N2CCC3(CC2)N=C(C2CCCCC2)NC3=O)c(C#N)c1. The number of hydrogen-bond donors (Lipinski definition) is 1. The van der Waals surface area contributed by atoms with Crippen molar-refractivity contribution in [1.82, 2.24) is 9.62 Å². The van der Waals surface area contributed by atoms with Gasteiger partial charge >= 0.3 is 0 Å². The van der Waals surface area contributed by atoms with Gasteiger partial charge in [-0.25, -0.2) is 12.7 Å². The van der Waals surface area contributed by atoms with Crippen LogP contribution in [0.3, 0.4) is 0 Å². The van der Waals surface area contributed by atoms with E-state index in [1.54, 1.807) is 18.2 Å². The lowest BCUT2D eigenvalue weighted by Crippen LogP contribution is -2.51. The molecule has 1 saturated heterocycles. The number of nitrogens with one attached hydrogen (secondary N) is 1. The second-order valence-electron chi connectivity index (χ2n) is 9.76. The summed E-state index contributed by atoms with van der Waals surface area (Å²) in [5.41, 5.74) is 0.974. The lowest BCUT2D eigenvalue weighted by atomic mass is 9.88. The maximum Gasteiger partial charge on any atom is 0.253 e. The number of carbonyl (C=O) groups is 2. The molecule has 1 N–H and O–H groups in total. The first kappa shape index (κ1) is 24.6. The largest absolute Gasteiger partial charge is 0.312 e. The van der Waals surface area contributed by atoms with Crippen molar-refractivity contribution in [2.75, 3.05) is 18.8 Å². The molecule has 0 aromatic heterocycles. The molecule has 0 unspecified atom stereocenters. The lowest BCUT2D eigenvalue weighted by Gasteiger charge is -2.34. The number of ketones is 1. The molecule has 0 bridgehead atoms. The third-order valence-electron chi connectivity index (χ3n) is 7.31. The zero-order chi connectivity index (χ0) is 24.3. The lowest BCUT2D eigenvalue weighted by molar-refractivity contribution is -0.125. The van der Waals surface area contributed by atoms with Crippen LogP contribution in [-0.4, -0.2) is 54.6 Å². The number of rotatable bonds is 7. The van der Waals surface area contributed by atoms with Gasteiger partial charge in [0.1, 0.15) is 17.2 Å². The molecule has 8 nitrogen and oxygen atoms in total. The van der Waals surface area contributed by atoms with E-state index in [1.165, 1.54) is 17.6 Å². The fourth-order valence-electron chi connectivity index (χ4n) is 5.30. The summed E-state index contributed by atoms with van der Waals surface area (Å²) in [4.78, 5) is 29.0. The van der Waals surface area contributed by atoms with Crippen LogP contribution >= 0.6 is 0 Å². The molecule has 182 valence electrons. The minimum atomic E-state index is -3.54. The standard InChI is InChI=1S/C25H32N4O4S/c1-18(30)15-19-7-8-20(22(16-19)17-26)9-14-34(32,33)29-12-10-25(11-13-29)24(31)27-23(28-25)21-5-3-2-4-6-21/h7-8,16,21H,2-6,9-15H2,1H3,(H,27,28,31). The molecule has 4 rings (SSSR count). The number of carbonyl (C=O) groups excluding carboxylic acids is 2. The minimum Gasteiger partial charge on any atom is -0.312 e. The first-order chi connectivity index (χ1) is 16.2. The van der Waals surface area contributed by atoms with Crippen molar-refractivity contribution >= 4 is 27.5 Å². The van der Waals surface area contributed by atoms with E-state index in [4.69, 9.17) is 4.99 Å². The molecule has 3 aliphatic rings. The van der Waals surface area contributed by atoms with Gasteiger partial charge in [-0.15, -0.1) is 0 Å². The molecule has 0 atom stereocenters. The highest BCUT2D eigenvalue weighted by Crippen LogP contribution is 2.34. The number of nitrogens with zero attached hydrogens (tertiary/aromatic N) is 3. The van der Waals surface area contributed by atoms with Gasteiger partial charge in [0.2, 0.25) is 10.0 Å². The first-order valence-electron chi connectivity index (χ1n) is 12.1. The van der Waals surface area contributed by atoms with E-state index in [-0.39, 0.29) is 43.4 Å². The van der Waals surface area contributed by atoms with Crippen molar-refractivity contribution in [3.63, 3.8) is 0 Å². The van der Waals surface area contributed by atoms with Crippen LogP contribution in [0.25, 0.3) is 0 Å². The smallest absolute Gasteiger partial charge is 0.253 e. The number of amidine groups is 1. The summed E-state index contributed by atoms with van der Waals surface area (Å²) in [7, 11) is -3.54. The average Bonchev–Trinajstić information content (AvgIpc) is 3.14. The molecular formula is C25H32N4O4S. The zero-order valence-electron chi connectivity index (χ0n) is 19.7. The van der Waals surface area contributed by atoms with E-state index < -0.39 is 15.6 Å². The van der Waals surface area contributed by atoms with Crippen molar-refractivity contribution < 1.29 is 18.0 Å². The highest BCUT2D eigenvalue weighted by molar-refractivity contribution is 7.89. The number of benzene rings is 1. The van der Waals surface area contributed by atoms with Crippen molar-refractivity contribution in [2.45, 2.75) is 70.3 Å². The van der Waals surface area contributed by atoms with E-state index >= 15 is 0 Å². The predicted molar refractivity (Wildman–Crippen MR) is 129 cm³/mol. The van der Waals surface area contributed by atoms with E-state index in [9.17, 15) is 23.3 Å². The Morgan fingerprint density at radius 1 is 1.24 bits per heavy atom. The van der Waals surface area contributed by atoms with E-state index in [2.05, 4.69) is 11.4 Å². The quantitative estimate of drug-likeness (QED) is 0.638. The summed E-state index contributed by atoms with van der Waals surface area (Å²) in [5.74, 6) is 0.930. The highest BCUT2D eigenvalue weighted by Gasteiger charge is 2.48. The van der Waals surface area contributed by atoms with Crippen LogP contribution < -0.4 is 5.32 Å². The second-order valence-corrected chi connectivity index (χ2v) is 11.9. The molecule has 1 saturated carbocycles. The van der Waals surface area contributed by atoms with Gasteiger partial charge in [-0.05, 0) is 56.2 Å². The Hall–Kier alpha value is -2.57. The number of hydrogen-bond acceptors (Lipinski definition) is 6. The number of piperidine rings is 1. The molecule has 0 radical (unpaired) electrons. The molecule has 2 fully saturated rings. The van der Waals surface area contributed by atoms with Gasteiger partial charge in [0.15, 0.2) is 0 Å². The Morgan fingerprint density at radius 3 is 2.59 bits per heavy atom. The van der Waals surface area contributed by atoms with Crippen LogP contribution in [0.2, 0.25) is 0 Å². The van der Waals surface area contributed by atoms with Crippen molar-refractivity contribution in [3.8, 4) is 6.07 Å². The summed E-state index contributed by atoms with van der Waals surface area (Å²) >= 11 is 0. The van der Waals surface area contributed by atoms with Crippen LogP contribution in [-0.2, 0) is 32.5 Å². The fourth-order valence-corrected chi connectivity index (χ4v) is 6.77. The Morgan fingerprint density at radius 2 is 1.94 bits per heavy atom.